The number of benzene rings is 1. The summed E-state index contributed by atoms with van der Waals surface area (Å²) in [6, 6.07) is 6.96. The summed E-state index contributed by atoms with van der Waals surface area (Å²) in [6.07, 6.45) is 0.324. The maximum Gasteiger partial charge on any atom is 0.284 e. The van der Waals surface area contributed by atoms with Gasteiger partial charge in [-0.25, -0.2) is 13.5 Å². The first-order valence-electron chi connectivity index (χ1n) is 6.60. The van der Waals surface area contributed by atoms with Crippen molar-refractivity contribution in [3.63, 3.8) is 0 Å². The van der Waals surface area contributed by atoms with E-state index in [4.69, 9.17) is 16.6 Å². The van der Waals surface area contributed by atoms with E-state index < -0.39 is 21.5 Å². The molecule has 0 bridgehead atoms. The molecule has 23 heavy (non-hydrogen) atoms. The molecule has 0 unspecified atom stereocenters. The highest BCUT2D eigenvalue weighted by Gasteiger charge is 2.17. The zero-order valence-electron chi connectivity index (χ0n) is 11.9. The van der Waals surface area contributed by atoms with Gasteiger partial charge < -0.3 is 9.73 Å². The first-order chi connectivity index (χ1) is 10.8. The maximum atomic E-state index is 12.0. The van der Waals surface area contributed by atoms with Crippen LogP contribution in [-0.2, 0) is 26.8 Å². The third-order valence-electron chi connectivity index (χ3n) is 2.77. The second kappa shape index (κ2) is 7.84. The molecule has 2 rings (SSSR count). The van der Waals surface area contributed by atoms with Gasteiger partial charge >= 0.3 is 0 Å². The minimum Gasteiger partial charge on any atom is -0.414 e. The Morgan fingerprint density at radius 3 is 2.87 bits per heavy atom. The van der Waals surface area contributed by atoms with Crippen LogP contribution >= 0.6 is 28.1 Å². The molecule has 0 aliphatic heterocycles. The predicted molar refractivity (Wildman–Crippen MR) is 90.0 cm³/mol. The van der Waals surface area contributed by atoms with E-state index in [1.54, 1.807) is 24.3 Å². The molecule has 1 amide bonds. The van der Waals surface area contributed by atoms with Crippen LogP contribution in [0.4, 0.5) is 0 Å². The highest BCUT2D eigenvalue weighted by molar-refractivity contribution is 9.10. The first-order valence-corrected chi connectivity index (χ1v) is 9.62. The van der Waals surface area contributed by atoms with E-state index in [1.807, 2.05) is 0 Å². The average molecular weight is 420 g/mol. The molecular weight excluding hydrogens is 406 g/mol. The van der Waals surface area contributed by atoms with Crippen LogP contribution in [0.15, 0.2) is 33.2 Å². The van der Waals surface area contributed by atoms with E-state index in [0.717, 1.165) is 4.47 Å². The van der Waals surface area contributed by atoms with Gasteiger partial charge in [-0.1, -0.05) is 28.1 Å². The summed E-state index contributed by atoms with van der Waals surface area (Å²) in [5, 5.41) is 8.76. The number of amides is 1. The molecule has 10 heteroatoms. The lowest BCUT2D eigenvalue weighted by Crippen LogP contribution is -2.32. The number of rotatable bonds is 7. The van der Waals surface area contributed by atoms with Crippen molar-refractivity contribution >= 4 is 43.9 Å². The lowest BCUT2D eigenvalue weighted by atomic mass is 10.2. The fourth-order valence-electron chi connectivity index (χ4n) is 1.86. The minimum atomic E-state index is -3.54. The maximum absolute atomic E-state index is 12.0. The molecule has 2 N–H and O–H groups in total. The Kier molecular flexibility index (Phi) is 6.08. The summed E-state index contributed by atoms with van der Waals surface area (Å²) < 4.78 is 29.9. The number of carbonyl (C=O) groups excluding carboxylic acids is 1. The summed E-state index contributed by atoms with van der Waals surface area (Å²) in [6.45, 7) is 0.217. The molecule has 7 nitrogen and oxygen atoms in total. The minimum absolute atomic E-state index is 0.155. The molecule has 0 atom stereocenters. The van der Waals surface area contributed by atoms with Crippen LogP contribution in [0.2, 0.25) is 0 Å². The summed E-state index contributed by atoms with van der Waals surface area (Å²) in [5.41, 5.74) is 0.625. The number of carbonyl (C=O) groups is 1. The molecule has 0 aliphatic rings. The lowest BCUT2D eigenvalue weighted by Gasteiger charge is -2.06. The van der Waals surface area contributed by atoms with Crippen molar-refractivity contribution in [2.45, 2.75) is 12.2 Å². The molecule has 1 aromatic carbocycles. The lowest BCUT2D eigenvalue weighted by molar-refractivity contribution is -0.118. The largest absolute Gasteiger partial charge is 0.414 e. The predicted octanol–water partition coefficient (Wildman–Crippen LogP) is 1.77. The summed E-state index contributed by atoms with van der Waals surface area (Å²) >= 11 is 8.00. The fourth-order valence-corrected chi connectivity index (χ4v) is 3.74. The molecule has 124 valence electrons. The van der Waals surface area contributed by atoms with E-state index in [2.05, 4.69) is 31.4 Å². The van der Waals surface area contributed by atoms with Gasteiger partial charge in [-0.05, 0) is 29.9 Å². The molecule has 0 saturated heterocycles. The van der Waals surface area contributed by atoms with Gasteiger partial charge in [0.05, 0.1) is 5.75 Å². The quantitative estimate of drug-likeness (QED) is 0.662. The number of hydrogen-bond donors (Lipinski definition) is 2. The number of nitrogens with zero attached hydrogens (tertiary/aromatic N) is 1. The summed E-state index contributed by atoms with van der Waals surface area (Å²) in [5.74, 6) is -0.960. The Bertz CT molecular complexity index is 845. The van der Waals surface area contributed by atoms with Gasteiger partial charge in [0.1, 0.15) is 5.75 Å². The standard InChI is InChI=1S/C13H14BrN3O4S2/c14-10-3-1-2-9(6-10)7-23(19,20)8-11(18)15-5-4-12-16-17-13(22)21-12/h1-3,6H,4-5,7-8H2,(H,15,18)(H,17,22). The summed E-state index contributed by atoms with van der Waals surface area (Å²) in [4.78, 5) is 11.9. The molecule has 2 aromatic rings. The van der Waals surface area contributed by atoms with Gasteiger partial charge in [-0.2, -0.15) is 0 Å². The zero-order valence-corrected chi connectivity index (χ0v) is 15.1. The van der Waals surface area contributed by atoms with Crippen molar-refractivity contribution in [1.82, 2.24) is 15.5 Å². The molecule has 0 fully saturated rings. The summed E-state index contributed by atoms with van der Waals surface area (Å²) in [7, 11) is -3.54. The van der Waals surface area contributed by atoms with Gasteiger partial charge in [0.2, 0.25) is 11.8 Å². The van der Waals surface area contributed by atoms with Gasteiger partial charge in [0.15, 0.2) is 9.84 Å². The number of H-pyrrole nitrogens is 1. The smallest absolute Gasteiger partial charge is 0.284 e. The van der Waals surface area contributed by atoms with Crippen LogP contribution in [-0.4, -0.2) is 36.8 Å². The van der Waals surface area contributed by atoms with E-state index in [9.17, 15) is 13.2 Å². The molecule has 1 heterocycles. The van der Waals surface area contributed by atoms with Crippen LogP contribution < -0.4 is 5.32 Å². The van der Waals surface area contributed by atoms with Crippen LogP contribution in [0.3, 0.4) is 0 Å². The van der Waals surface area contributed by atoms with Crippen molar-refractivity contribution in [2.24, 2.45) is 0 Å². The topological polar surface area (TPSA) is 105 Å². The Morgan fingerprint density at radius 2 is 2.22 bits per heavy atom. The number of nitrogens with one attached hydrogen (secondary N) is 2. The van der Waals surface area contributed by atoms with Gasteiger partial charge in [0, 0.05) is 17.4 Å². The molecule has 1 aromatic heterocycles. The van der Waals surface area contributed by atoms with Crippen LogP contribution in [0.5, 0.6) is 0 Å². The van der Waals surface area contributed by atoms with Gasteiger partial charge in [-0.3, -0.25) is 4.79 Å². The Balaban J connectivity index is 1.82. The van der Waals surface area contributed by atoms with Crippen LogP contribution in [0, 0.1) is 4.84 Å². The van der Waals surface area contributed by atoms with Crippen molar-refractivity contribution < 1.29 is 17.6 Å². The third-order valence-corrected chi connectivity index (χ3v) is 4.91. The fraction of sp³-hybridized carbons (Fsp3) is 0.308. The zero-order chi connectivity index (χ0) is 16.9. The monoisotopic (exact) mass is 419 g/mol. The van der Waals surface area contributed by atoms with Crippen molar-refractivity contribution in [1.29, 1.82) is 0 Å². The van der Waals surface area contributed by atoms with Crippen molar-refractivity contribution in [2.75, 3.05) is 12.3 Å². The van der Waals surface area contributed by atoms with Crippen LogP contribution in [0.25, 0.3) is 0 Å². The number of aromatic nitrogens is 2. The molecule has 0 saturated carbocycles. The average Bonchev–Trinajstić information content (AvgIpc) is 2.83. The van der Waals surface area contributed by atoms with E-state index in [1.165, 1.54) is 0 Å². The van der Waals surface area contributed by atoms with Crippen molar-refractivity contribution in [3.05, 3.63) is 45.0 Å². The Morgan fingerprint density at radius 1 is 1.43 bits per heavy atom. The second-order valence-electron chi connectivity index (χ2n) is 4.77. The molecule has 0 aliphatic carbocycles. The van der Waals surface area contributed by atoms with Crippen molar-refractivity contribution in [3.8, 4) is 0 Å². The Labute approximate surface area is 146 Å². The SMILES string of the molecule is O=C(CS(=O)(=O)Cc1cccc(Br)c1)NCCc1n[nH]c(=S)o1. The second-order valence-corrected chi connectivity index (χ2v) is 8.12. The normalized spacial score (nSPS) is 11.3. The first kappa shape index (κ1) is 17.8. The van der Waals surface area contributed by atoms with E-state index >= 15 is 0 Å². The number of sulfone groups is 1. The Hall–Kier alpha value is -1.52. The van der Waals surface area contributed by atoms with Gasteiger partial charge in [-0.15, -0.1) is 5.10 Å². The number of aromatic amines is 1. The molecule has 0 spiro atoms. The number of hydrogen-bond acceptors (Lipinski definition) is 6. The van der Waals surface area contributed by atoms with E-state index in [-0.39, 0.29) is 17.1 Å². The van der Waals surface area contributed by atoms with E-state index in [0.29, 0.717) is 17.9 Å². The third kappa shape index (κ3) is 6.24. The highest BCUT2D eigenvalue weighted by atomic mass is 79.9. The highest BCUT2D eigenvalue weighted by Crippen LogP contribution is 2.14. The van der Waals surface area contributed by atoms with Gasteiger partial charge in [0.25, 0.3) is 4.84 Å². The van der Waals surface area contributed by atoms with Crippen LogP contribution in [0.1, 0.15) is 11.5 Å². The number of halogens is 1. The molecular formula is C13H14BrN3O4S2. The molecule has 0 radical (unpaired) electrons.